The summed E-state index contributed by atoms with van der Waals surface area (Å²) in [5, 5.41) is 2.77. The van der Waals surface area contributed by atoms with Crippen LogP contribution in [0.3, 0.4) is 0 Å². The Morgan fingerprint density at radius 3 is 2.78 bits per heavy atom. The largest absolute Gasteiger partial charge is 0.491 e. The molecule has 1 spiro atoms. The lowest BCUT2D eigenvalue weighted by Gasteiger charge is -2.25. The standard InChI is InChI=1S/C28H34N2O6/c1-18(29-26(32)36-27(2,3)4)16-34-19-11-12-22-24(14-19)35-17-28(22)21-9-5-6-10-23(21)30(25(28)31)15-20-8-7-13-33-20/h5-6,9-12,14,18,20H,7-8,13,15-17H2,1-4H3,(H,29,32). The zero-order valence-corrected chi connectivity index (χ0v) is 21.3. The lowest BCUT2D eigenvalue weighted by molar-refractivity contribution is -0.122. The number of carbonyl (C=O) groups excluding carboxylic acids is 2. The zero-order valence-electron chi connectivity index (χ0n) is 21.3. The highest BCUT2D eigenvalue weighted by Crippen LogP contribution is 2.53. The Labute approximate surface area is 211 Å². The van der Waals surface area contributed by atoms with E-state index in [1.165, 1.54) is 0 Å². The Balaban J connectivity index is 1.32. The van der Waals surface area contributed by atoms with Crippen molar-refractivity contribution in [2.45, 2.75) is 63.7 Å². The molecule has 2 amide bonds. The monoisotopic (exact) mass is 494 g/mol. The van der Waals surface area contributed by atoms with Gasteiger partial charge in [-0.05, 0) is 58.2 Å². The van der Waals surface area contributed by atoms with Crippen molar-refractivity contribution in [3.63, 3.8) is 0 Å². The molecule has 8 heteroatoms. The van der Waals surface area contributed by atoms with Gasteiger partial charge in [-0.25, -0.2) is 4.79 Å². The second-order valence-electron chi connectivity index (χ2n) is 10.8. The van der Waals surface area contributed by atoms with E-state index in [4.69, 9.17) is 18.9 Å². The number of nitrogens with zero attached hydrogens (tertiary/aromatic N) is 1. The van der Waals surface area contributed by atoms with Crippen molar-refractivity contribution in [2.24, 2.45) is 0 Å². The molecular weight excluding hydrogens is 460 g/mol. The summed E-state index contributed by atoms with van der Waals surface area (Å²) in [4.78, 5) is 27.8. The fraction of sp³-hybridized carbons (Fsp3) is 0.500. The fourth-order valence-corrected chi connectivity index (χ4v) is 5.20. The van der Waals surface area contributed by atoms with Crippen LogP contribution in [-0.4, -0.2) is 56.1 Å². The number of alkyl carbamates (subject to hydrolysis) is 1. The topological polar surface area (TPSA) is 86.3 Å². The Morgan fingerprint density at radius 2 is 2.03 bits per heavy atom. The minimum absolute atomic E-state index is 0.0294. The summed E-state index contributed by atoms with van der Waals surface area (Å²) < 4.78 is 23.1. The maximum absolute atomic E-state index is 13.9. The Morgan fingerprint density at radius 1 is 1.22 bits per heavy atom. The van der Waals surface area contributed by atoms with Crippen molar-refractivity contribution >= 4 is 17.7 Å². The number of carbonyl (C=O) groups is 2. The van der Waals surface area contributed by atoms with Gasteiger partial charge in [0.05, 0.1) is 18.7 Å². The summed E-state index contributed by atoms with van der Waals surface area (Å²) >= 11 is 0. The van der Waals surface area contributed by atoms with Crippen molar-refractivity contribution in [1.29, 1.82) is 0 Å². The molecule has 0 aromatic heterocycles. The maximum Gasteiger partial charge on any atom is 0.407 e. The first-order valence-corrected chi connectivity index (χ1v) is 12.6. The van der Waals surface area contributed by atoms with Gasteiger partial charge in [0.25, 0.3) is 0 Å². The van der Waals surface area contributed by atoms with Crippen molar-refractivity contribution in [3.8, 4) is 11.5 Å². The minimum atomic E-state index is -0.866. The quantitative estimate of drug-likeness (QED) is 0.648. The first-order valence-electron chi connectivity index (χ1n) is 12.6. The third-order valence-corrected chi connectivity index (χ3v) is 6.80. The third-order valence-electron chi connectivity index (χ3n) is 6.80. The van der Waals surface area contributed by atoms with Crippen LogP contribution in [0.4, 0.5) is 10.5 Å². The van der Waals surface area contributed by atoms with E-state index in [0.29, 0.717) is 18.0 Å². The van der Waals surface area contributed by atoms with Gasteiger partial charge in [0.1, 0.15) is 35.7 Å². The molecule has 0 aliphatic carbocycles. The van der Waals surface area contributed by atoms with Crippen LogP contribution in [0.5, 0.6) is 11.5 Å². The summed E-state index contributed by atoms with van der Waals surface area (Å²) in [5.41, 5.74) is 1.32. The number of amides is 2. The van der Waals surface area contributed by atoms with Crippen molar-refractivity contribution in [3.05, 3.63) is 53.6 Å². The molecule has 1 N–H and O–H groups in total. The molecule has 2 aromatic carbocycles. The predicted octanol–water partition coefficient (Wildman–Crippen LogP) is 4.18. The van der Waals surface area contributed by atoms with E-state index >= 15 is 0 Å². The van der Waals surface area contributed by atoms with Gasteiger partial charge in [-0.1, -0.05) is 24.3 Å². The molecule has 8 nitrogen and oxygen atoms in total. The van der Waals surface area contributed by atoms with Crippen LogP contribution in [0.2, 0.25) is 0 Å². The number of ether oxygens (including phenoxy) is 4. The number of hydrogen-bond donors (Lipinski definition) is 1. The van der Waals surface area contributed by atoms with Crippen molar-refractivity contribution in [1.82, 2.24) is 5.32 Å². The lowest BCUT2D eigenvalue weighted by Crippen LogP contribution is -2.44. The Bertz CT molecular complexity index is 1150. The number of rotatable bonds is 6. The van der Waals surface area contributed by atoms with Gasteiger partial charge in [-0.3, -0.25) is 4.79 Å². The highest BCUT2D eigenvalue weighted by Gasteiger charge is 2.57. The van der Waals surface area contributed by atoms with E-state index in [1.807, 2.05) is 75.1 Å². The molecule has 3 unspecified atom stereocenters. The van der Waals surface area contributed by atoms with Crippen molar-refractivity contribution in [2.75, 3.05) is 31.3 Å². The fourth-order valence-electron chi connectivity index (χ4n) is 5.20. The second-order valence-corrected chi connectivity index (χ2v) is 10.8. The molecule has 192 valence electrons. The van der Waals surface area contributed by atoms with Crippen LogP contribution in [0.15, 0.2) is 42.5 Å². The van der Waals surface area contributed by atoms with E-state index in [0.717, 1.165) is 36.3 Å². The molecule has 3 heterocycles. The first kappa shape index (κ1) is 24.4. The van der Waals surface area contributed by atoms with Crippen LogP contribution in [0.1, 0.15) is 51.7 Å². The van der Waals surface area contributed by atoms with E-state index in [9.17, 15) is 9.59 Å². The summed E-state index contributed by atoms with van der Waals surface area (Å²) in [6.45, 7) is 9.12. The van der Waals surface area contributed by atoms with E-state index in [1.54, 1.807) is 0 Å². The van der Waals surface area contributed by atoms with Gasteiger partial charge in [-0.15, -0.1) is 0 Å². The van der Waals surface area contributed by atoms with Gasteiger partial charge < -0.3 is 29.2 Å². The number of fused-ring (bicyclic) bond motifs is 4. The van der Waals surface area contributed by atoms with Crippen LogP contribution < -0.4 is 19.7 Å². The summed E-state index contributed by atoms with van der Waals surface area (Å²) in [6, 6.07) is 13.3. The highest BCUT2D eigenvalue weighted by atomic mass is 16.6. The summed E-state index contributed by atoms with van der Waals surface area (Å²) in [6.07, 6.45) is 1.57. The average molecular weight is 495 g/mol. The zero-order chi connectivity index (χ0) is 25.5. The Kier molecular flexibility index (Phi) is 6.32. The number of hydrogen-bond acceptors (Lipinski definition) is 6. The normalized spacial score (nSPS) is 23.3. The number of para-hydroxylation sites is 1. The molecule has 5 rings (SSSR count). The van der Waals surface area contributed by atoms with E-state index in [-0.39, 0.29) is 31.3 Å². The predicted molar refractivity (Wildman–Crippen MR) is 135 cm³/mol. The molecule has 3 aliphatic rings. The smallest absolute Gasteiger partial charge is 0.407 e. The molecule has 0 saturated carbocycles. The van der Waals surface area contributed by atoms with Gasteiger partial charge in [0.2, 0.25) is 5.91 Å². The van der Waals surface area contributed by atoms with E-state index < -0.39 is 17.1 Å². The molecular formula is C28H34N2O6. The first-order chi connectivity index (χ1) is 17.2. The Hall–Kier alpha value is -3.26. The summed E-state index contributed by atoms with van der Waals surface area (Å²) in [5.74, 6) is 1.28. The molecule has 3 atom stereocenters. The molecule has 1 fully saturated rings. The maximum atomic E-state index is 13.9. The van der Waals surface area contributed by atoms with Crippen molar-refractivity contribution < 1.29 is 28.5 Å². The van der Waals surface area contributed by atoms with Crippen LogP contribution >= 0.6 is 0 Å². The van der Waals surface area contributed by atoms with Gasteiger partial charge in [0.15, 0.2) is 0 Å². The molecule has 36 heavy (non-hydrogen) atoms. The molecule has 0 radical (unpaired) electrons. The van der Waals surface area contributed by atoms with Crippen LogP contribution in [0, 0.1) is 0 Å². The van der Waals surface area contributed by atoms with Crippen LogP contribution in [-0.2, 0) is 19.7 Å². The average Bonchev–Trinajstić information content (AvgIpc) is 3.52. The number of anilines is 1. The van der Waals surface area contributed by atoms with E-state index in [2.05, 4.69) is 5.32 Å². The second kappa shape index (κ2) is 9.32. The van der Waals surface area contributed by atoms with Gasteiger partial charge >= 0.3 is 6.09 Å². The minimum Gasteiger partial charge on any atom is -0.491 e. The number of nitrogens with one attached hydrogen (secondary N) is 1. The molecule has 3 aliphatic heterocycles. The summed E-state index contributed by atoms with van der Waals surface area (Å²) in [7, 11) is 0. The third kappa shape index (κ3) is 4.50. The molecule has 2 aromatic rings. The highest BCUT2D eigenvalue weighted by molar-refractivity contribution is 6.11. The molecule has 1 saturated heterocycles. The van der Waals surface area contributed by atoms with Gasteiger partial charge in [0, 0.05) is 23.9 Å². The SMILES string of the molecule is CC(COc1ccc2c(c1)OCC21C(=O)N(CC2CCCO2)c2ccccc21)NC(=O)OC(C)(C)C. The van der Waals surface area contributed by atoms with Gasteiger partial charge in [-0.2, -0.15) is 0 Å². The lowest BCUT2D eigenvalue weighted by atomic mass is 9.77. The number of benzene rings is 2. The molecule has 0 bridgehead atoms. The van der Waals surface area contributed by atoms with Crippen LogP contribution in [0.25, 0.3) is 0 Å².